The van der Waals surface area contributed by atoms with E-state index in [-0.39, 0.29) is 23.7 Å². The van der Waals surface area contributed by atoms with Gasteiger partial charge in [0.1, 0.15) is 5.69 Å². The Labute approximate surface area is 130 Å². The summed E-state index contributed by atoms with van der Waals surface area (Å²) in [7, 11) is 0. The Hall–Kier alpha value is -2.60. The zero-order valence-electron chi connectivity index (χ0n) is 11.6. The van der Waals surface area contributed by atoms with Gasteiger partial charge in [-0.3, -0.25) is 9.59 Å². The molecule has 0 spiro atoms. The fraction of sp³-hybridized carbons (Fsp3) is 0.133. The quantitative estimate of drug-likeness (QED) is 0.571. The predicted octanol–water partition coefficient (Wildman–Crippen LogP) is 3.09. The van der Waals surface area contributed by atoms with Crippen LogP contribution in [0.15, 0.2) is 30.6 Å². The van der Waals surface area contributed by atoms with Crippen molar-refractivity contribution in [3.05, 3.63) is 47.1 Å². The lowest BCUT2D eigenvalue weighted by atomic mass is 10.2. The maximum Gasteiger partial charge on any atom is 0.310 e. The molecule has 0 bridgehead atoms. The highest BCUT2D eigenvalue weighted by molar-refractivity contribution is 6.31. The third-order valence-electron chi connectivity index (χ3n) is 3.16. The Balaban J connectivity index is 2.17. The van der Waals surface area contributed by atoms with Crippen molar-refractivity contribution < 1.29 is 14.3 Å². The van der Waals surface area contributed by atoms with Gasteiger partial charge in [-0.15, -0.1) is 0 Å². The van der Waals surface area contributed by atoms with E-state index < -0.39 is 11.8 Å². The van der Waals surface area contributed by atoms with Crippen molar-refractivity contribution in [2.45, 2.75) is 13.3 Å². The topological polar surface area (TPSA) is 87.8 Å². The molecule has 2 N–H and O–H groups in total. The third kappa shape index (κ3) is 2.48. The first-order chi connectivity index (χ1) is 10.6. The molecule has 0 amide bonds. The molecule has 0 unspecified atom stereocenters. The highest BCUT2D eigenvalue weighted by Gasteiger charge is 2.23. The number of hydrogen-bond donors (Lipinski definition) is 2. The number of ether oxygens (including phenoxy) is 1. The maximum atomic E-state index is 12.5. The zero-order valence-corrected chi connectivity index (χ0v) is 12.4. The molecular weight excluding hydrogens is 306 g/mol. The second-order valence-corrected chi connectivity index (χ2v) is 5.05. The number of nitrogens with zero attached hydrogens (tertiary/aromatic N) is 1. The van der Waals surface area contributed by atoms with E-state index in [1.165, 1.54) is 6.20 Å². The number of aromatic nitrogens is 3. The van der Waals surface area contributed by atoms with Crippen molar-refractivity contribution >= 4 is 34.3 Å². The lowest BCUT2D eigenvalue weighted by molar-refractivity contribution is -0.133. The molecular formula is C15H12ClN3O3. The van der Waals surface area contributed by atoms with Gasteiger partial charge in [0.2, 0.25) is 5.78 Å². The van der Waals surface area contributed by atoms with Gasteiger partial charge in [0, 0.05) is 34.7 Å². The molecule has 0 saturated heterocycles. The van der Waals surface area contributed by atoms with Crippen LogP contribution < -0.4 is 4.74 Å². The Morgan fingerprint density at radius 1 is 1.36 bits per heavy atom. The number of carbonyl (C=O) groups excluding carboxylic acids is 2. The molecule has 0 aliphatic heterocycles. The third-order valence-corrected chi connectivity index (χ3v) is 3.39. The van der Waals surface area contributed by atoms with Crippen LogP contribution in [-0.2, 0) is 4.79 Å². The van der Waals surface area contributed by atoms with Gasteiger partial charge < -0.3 is 14.7 Å². The molecule has 0 atom stereocenters. The minimum absolute atomic E-state index is 0.159. The fourth-order valence-electron chi connectivity index (χ4n) is 2.10. The normalized spacial score (nSPS) is 10.8. The molecule has 112 valence electrons. The van der Waals surface area contributed by atoms with Crippen LogP contribution in [0, 0.1) is 0 Å². The van der Waals surface area contributed by atoms with Crippen LogP contribution in [0.25, 0.3) is 10.9 Å². The summed E-state index contributed by atoms with van der Waals surface area (Å²) in [6, 6.07) is 5.05. The van der Waals surface area contributed by atoms with Gasteiger partial charge >= 0.3 is 5.97 Å². The number of carbonyl (C=O) groups is 2. The largest absolute Gasteiger partial charge is 0.423 e. The molecule has 0 radical (unpaired) electrons. The summed E-state index contributed by atoms with van der Waals surface area (Å²) in [5, 5.41) is 1.06. The Bertz CT molecular complexity index is 852. The number of halogens is 1. The number of fused-ring (bicyclic) bond motifs is 1. The molecule has 2 heterocycles. The monoisotopic (exact) mass is 317 g/mol. The summed E-state index contributed by atoms with van der Waals surface area (Å²) in [6.45, 7) is 1.68. The summed E-state index contributed by atoms with van der Waals surface area (Å²) in [6.07, 6.45) is 3.22. The Morgan fingerprint density at radius 3 is 2.86 bits per heavy atom. The number of aromatic amines is 2. The van der Waals surface area contributed by atoms with Crippen molar-refractivity contribution in [3.63, 3.8) is 0 Å². The van der Waals surface area contributed by atoms with E-state index >= 15 is 0 Å². The van der Waals surface area contributed by atoms with E-state index in [1.807, 2.05) is 0 Å². The van der Waals surface area contributed by atoms with Gasteiger partial charge in [0.05, 0.1) is 0 Å². The first-order valence-electron chi connectivity index (χ1n) is 6.66. The van der Waals surface area contributed by atoms with Crippen LogP contribution in [0.1, 0.15) is 29.7 Å². The number of rotatable bonds is 4. The molecule has 0 saturated carbocycles. The lowest BCUT2D eigenvalue weighted by Gasteiger charge is -2.04. The van der Waals surface area contributed by atoms with Gasteiger partial charge in [0.25, 0.3) is 0 Å². The van der Waals surface area contributed by atoms with Crippen molar-refractivity contribution in [3.8, 4) is 5.75 Å². The van der Waals surface area contributed by atoms with Crippen molar-refractivity contribution in [1.29, 1.82) is 0 Å². The van der Waals surface area contributed by atoms with E-state index in [0.717, 1.165) is 0 Å². The smallest absolute Gasteiger partial charge is 0.310 e. The molecule has 0 fully saturated rings. The minimum Gasteiger partial charge on any atom is -0.423 e. The van der Waals surface area contributed by atoms with E-state index in [0.29, 0.717) is 15.9 Å². The number of H-pyrrole nitrogens is 2. The Kier molecular flexibility index (Phi) is 3.68. The van der Waals surface area contributed by atoms with Crippen LogP contribution >= 0.6 is 11.6 Å². The van der Waals surface area contributed by atoms with Gasteiger partial charge in [0.15, 0.2) is 11.6 Å². The van der Waals surface area contributed by atoms with E-state index in [4.69, 9.17) is 16.3 Å². The molecule has 22 heavy (non-hydrogen) atoms. The van der Waals surface area contributed by atoms with Crippen LogP contribution in [-0.4, -0.2) is 26.7 Å². The molecule has 2 aromatic heterocycles. The number of nitrogens with one attached hydrogen (secondary N) is 2. The molecule has 3 rings (SSSR count). The molecule has 7 heteroatoms. The number of imidazole rings is 1. The maximum absolute atomic E-state index is 12.5. The predicted molar refractivity (Wildman–Crippen MR) is 81.3 cm³/mol. The van der Waals surface area contributed by atoms with Crippen molar-refractivity contribution in [2.24, 2.45) is 0 Å². The van der Waals surface area contributed by atoms with Crippen molar-refractivity contribution in [1.82, 2.24) is 15.0 Å². The number of esters is 1. The van der Waals surface area contributed by atoms with Crippen LogP contribution in [0.4, 0.5) is 0 Å². The van der Waals surface area contributed by atoms with Crippen molar-refractivity contribution in [2.75, 3.05) is 0 Å². The van der Waals surface area contributed by atoms with Gasteiger partial charge in [-0.05, 0) is 18.2 Å². The molecule has 1 aromatic carbocycles. The number of hydrogen-bond acceptors (Lipinski definition) is 4. The molecule has 3 aromatic rings. The van der Waals surface area contributed by atoms with Crippen LogP contribution in [0.3, 0.4) is 0 Å². The molecule has 6 nitrogen and oxygen atoms in total. The summed E-state index contributed by atoms with van der Waals surface area (Å²) in [5.74, 6) is -0.497. The average molecular weight is 318 g/mol. The second-order valence-electron chi connectivity index (χ2n) is 4.61. The van der Waals surface area contributed by atoms with Gasteiger partial charge in [-0.1, -0.05) is 18.5 Å². The van der Waals surface area contributed by atoms with Crippen LogP contribution in [0.2, 0.25) is 5.02 Å². The SMILES string of the molecule is CCC(=O)Oc1c(C(=O)c2ncc[nH]2)[nH]c2ccc(Cl)cc12. The summed E-state index contributed by atoms with van der Waals surface area (Å²) in [4.78, 5) is 33.8. The Morgan fingerprint density at radius 2 is 2.18 bits per heavy atom. The average Bonchev–Trinajstić information content (AvgIpc) is 3.15. The summed E-state index contributed by atoms with van der Waals surface area (Å²) in [5.41, 5.74) is 0.812. The van der Waals surface area contributed by atoms with Crippen LogP contribution in [0.5, 0.6) is 5.75 Å². The standard InChI is InChI=1S/C15H12ClN3O3/c1-2-11(20)22-14-9-7-8(16)3-4-10(9)19-12(14)13(21)15-17-5-6-18-15/h3-7,19H,2H2,1H3,(H,17,18). The van der Waals surface area contributed by atoms with Gasteiger partial charge in [-0.25, -0.2) is 4.98 Å². The minimum atomic E-state index is -0.436. The fourth-order valence-corrected chi connectivity index (χ4v) is 2.27. The highest BCUT2D eigenvalue weighted by Crippen LogP contribution is 2.33. The molecule has 0 aliphatic carbocycles. The molecule has 0 aliphatic rings. The van der Waals surface area contributed by atoms with E-state index in [1.54, 1.807) is 31.3 Å². The number of ketones is 1. The first kappa shape index (κ1) is 14.3. The highest BCUT2D eigenvalue weighted by atomic mass is 35.5. The lowest BCUT2D eigenvalue weighted by Crippen LogP contribution is -2.11. The van der Waals surface area contributed by atoms with Gasteiger partial charge in [-0.2, -0.15) is 0 Å². The first-order valence-corrected chi connectivity index (χ1v) is 7.04. The second kappa shape index (κ2) is 5.65. The van der Waals surface area contributed by atoms with E-state index in [9.17, 15) is 9.59 Å². The number of benzene rings is 1. The summed E-state index contributed by atoms with van der Waals surface area (Å²) < 4.78 is 5.33. The zero-order chi connectivity index (χ0) is 15.7. The summed E-state index contributed by atoms with van der Waals surface area (Å²) >= 11 is 5.99. The van der Waals surface area contributed by atoms with E-state index in [2.05, 4.69) is 15.0 Å².